The normalized spacial score (nSPS) is 19.1. The molecule has 0 radical (unpaired) electrons. The summed E-state index contributed by atoms with van der Waals surface area (Å²) in [4.78, 5) is 71.4. The van der Waals surface area contributed by atoms with E-state index in [9.17, 15) is 19.2 Å². The minimum Gasteiger partial charge on any atom is -0.469 e. The first-order valence-electron chi connectivity index (χ1n) is 28.0. The van der Waals surface area contributed by atoms with E-state index in [1.54, 1.807) is 69.0 Å². The number of fused-ring (bicyclic) bond motifs is 4. The summed E-state index contributed by atoms with van der Waals surface area (Å²) in [5.41, 5.74) is 9.03. The Labute approximate surface area is 517 Å². The molecule has 452 valence electrons. The van der Waals surface area contributed by atoms with Crippen LogP contribution in [-0.2, 0) is 43.7 Å². The third kappa shape index (κ3) is 12.2. The molecule has 16 nitrogen and oxygen atoms in total. The monoisotopic (exact) mass is 1230 g/mol. The highest BCUT2D eigenvalue weighted by Gasteiger charge is 2.43. The third-order valence-electron chi connectivity index (χ3n) is 17.1. The molecule has 0 spiro atoms. The summed E-state index contributed by atoms with van der Waals surface area (Å²) >= 11 is 3.49. The van der Waals surface area contributed by atoms with E-state index in [4.69, 9.17) is 19.6 Å². The number of benzene rings is 2. The van der Waals surface area contributed by atoms with Gasteiger partial charge in [-0.3, -0.25) is 19.2 Å². The van der Waals surface area contributed by atoms with Gasteiger partial charge in [0, 0.05) is 94.8 Å². The van der Waals surface area contributed by atoms with E-state index in [1.165, 1.54) is 40.1 Å². The minimum atomic E-state index is -0.399. The van der Waals surface area contributed by atoms with Crippen molar-refractivity contribution in [3.8, 4) is 22.5 Å². The van der Waals surface area contributed by atoms with Crippen LogP contribution in [0.3, 0.4) is 0 Å². The van der Waals surface area contributed by atoms with Crippen molar-refractivity contribution in [1.82, 2.24) is 39.0 Å². The molecule has 4 aliphatic heterocycles. The number of anilines is 2. The Bertz CT molecular complexity index is 3780. The van der Waals surface area contributed by atoms with Gasteiger partial charge in [0.25, 0.3) is 11.8 Å². The Balaban J connectivity index is 0.000000211. The van der Waals surface area contributed by atoms with Crippen molar-refractivity contribution in [2.24, 2.45) is 11.8 Å². The molecule has 4 atom stereocenters. The second-order valence-corrected chi connectivity index (χ2v) is 24.1. The first-order valence-corrected chi connectivity index (χ1v) is 29.8. The summed E-state index contributed by atoms with van der Waals surface area (Å²) in [5.74, 6) is -1.81. The summed E-state index contributed by atoms with van der Waals surface area (Å²) in [5, 5.41) is 13.6. The van der Waals surface area contributed by atoms with Gasteiger partial charge in [-0.2, -0.15) is 37.2 Å². The molecular weight excluding hydrogens is 1160 g/mol. The van der Waals surface area contributed by atoms with Crippen LogP contribution in [0, 0.1) is 23.5 Å². The van der Waals surface area contributed by atoms with Crippen molar-refractivity contribution in [3.63, 3.8) is 0 Å². The number of aromatic nitrogens is 6. The van der Waals surface area contributed by atoms with Gasteiger partial charge in [-0.1, -0.05) is 28.7 Å². The van der Waals surface area contributed by atoms with E-state index in [0.717, 1.165) is 48.4 Å². The molecule has 13 rings (SSSR count). The van der Waals surface area contributed by atoms with Crippen molar-refractivity contribution < 1.29 is 37.4 Å². The molecular formula is C63H76F2N10O6S4. The number of esters is 2. The van der Waals surface area contributed by atoms with Gasteiger partial charge in [0.1, 0.15) is 23.0 Å². The van der Waals surface area contributed by atoms with Crippen molar-refractivity contribution in [2.75, 3.05) is 62.8 Å². The Morgan fingerprint density at radius 1 is 0.647 bits per heavy atom. The molecule has 2 amide bonds. The number of hydrogen-bond donors (Lipinski definition) is 0. The molecule has 6 aromatic heterocycles. The smallest absolute Gasteiger partial charge is 0.310 e. The molecule has 2 aromatic carbocycles. The SMILES string of the molecule is C.C.CCOC(=O)[C@H]1CCN(c2ccc(-c3cc4nc(C(=O)N5CCc6sccc6[C@H]5C)cc(CC)n4n3)c(F)c2)C1.COC(=O)[C@H]1CCN(c2ccc(-c3cc4nc(C(=O)N5CCc6sccc6[C@H]5C)cc(C5(C)CC5)n4n3)c(F)c2)C1.S.S. The number of hydrogen-bond acceptors (Lipinski definition) is 14. The highest BCUT2D eigenvalue weighted by Crippen LogP contribution is 2.48. The molecule has 1 saturated carbocycles. The van der Waals surface area contributed by atoms with Crippen molar-refractivity contribution >= 4 is 96.1 Å². The highest BCUT2D eigenvalue weighted by atomic mass is 32.1. The topological polar surface area (TPSA) is 160 Å². The minimum absolute atomic E-state index is 0. The average molecular weight is 1240 g/mol. The highest BCUT2D eigenvalue weighted by molar-refractivity contribution is 7.59. The number of methoxy groups -OCH3 is 1. The summed E-state index contributed by atoms with van der Waals surface area (Å²) < 4.78 is 44.5. The predicted octanol–water partition coefficient (Wildman–Crippen LogP) is 12.2. The number of ether oxygens (including phenoxy) is 2. The van der Waals surface area contributed by atoms with Crippen molar-refractivity contribution in [2.45, 2.75) is 112 Å². The molecule has 10 heterocycles. The summed E-state index contributed by atoms with van der Waals surface area (Å²) in [6.07, 6.45) is 5.70. The number of halogens is 2. The molecule has 0 N–H and O–H groups in total. The number of nitrogens with zero attached hydrogens (tertiary/aromatic N) is 10. The zero-order chi connectivity index (χ0) is 56.4. The summed E-state index contributed by atoms with van der Waals surface area (Å²) in [7, 11) is 1.39. The number of carbonyl (C=O) groups excluding carboxylic acids is 4. The fraction of sp³-hybridized carbons (Fsp3) is 0.429. The van der Waals surface area contributed by atoms with Crippen LogP contribution in [0.25, 0.3) is 33.8 Å². The molecule has 22 heteroatoms. The van der Waals surface area contributed by atoms with Crippen LogP contribution in [0.15, 0.2) is 83.6 Å². The zero-order valence-electron chi connectivity index (χ0n) is 47.3. The number of thiophene rings is 2. The van der Waals surface area contributed by atoms with Crippen LogP contribution in [0.2, 0.25) is 0 Å². The van der Waals surface area contributed by atoms with Gasteiger partial charge in [0.05, 0.1) is 54.7 Å². The Morgan fingerprint density at radius 3 is 1.60 bits per heavy atom. The number of carbonyl (C=O) groups is 4. The maximum Gasteiger partial charge on any atom is 0.310 e. The van der Waals surface area contributed by atoms with Crippen LogP contribution >= 0.6 is 49.7 Å². The lowest BCUT2D eigenvalue weighted by Crippen LogP contribution is -2.38. The van der Waals surface area contributed by atoms with Crippen LogP contribution in [0.4, 0.5) is 20.2 Å². The van der Waals surface area contributed by atoms with Gasteiger partial charge < -0.3 is 29.1 Å². The van der Waals surface area contributed by atoms with Gasteiger partial charge >= 0.3 is 11.9 Å². The summed E-state index contributed by atoms with van der Waals surface area (Å²) in [6.45, 7) is 14.1. The van der Waals surface area contributed by atoms with Gasteiger partial charge in [0.15, 0.2) is 11.3 Å². The second-order valence-electron chi connectivity index (χ2n) is 22.1. The molecule has 2 saturated heterocycles. The predicted molar refractivity (Wildman–Crippen MR) is 341 cm³/mol. The molecule has 5 aliphatic rings. The number of rotatable bonds is 11. The lowest BCUT2D eigenvalue weighted by molar-refractivity contribution is -0.147. The molecule has 8 aromatic rings. The van der Waals surface area contributed by atoms with Crippen LogP contribution < -0.4 is 9.80 Å². The van der Waals surface area contributed by atoms with Gasteiger partial charge in [-0.25, -0.2) is 27.8 Å². The fourth-order valence-electron chi connectivity index (χ4n) is 12.1. The van der Waals surface area contributed by atoms with E-state index in [0.29, 0.717) is 110 Å². The van der Waals surface area contributed by atoms with E-state index >= 15 is 8.78 Å². The summed E-state index contributed by atoms with van der Waals surface area (Å²) in [6, 6.07) is 21.5. The molecule has 3 fully saturated rings. The van der Waals surface area contributed by atoms with E-state index in [-0.39, 0.29) is 94.9 Å². The lowest BCUT2D eigenvalue weighted by atomic mass is 10.00. The fourth-order valence-corrected chi connectivity index (χ4v) is 14.0. The Morgan fingerprint density at radius 2 is 1.13 bits per heavy atom. The van der Waals surface area contributed by atoms with Crippen molar-refractivity contribution in [3.05, 3.63) is 139 Å². The van der Waals surface area contributed by atoms with Gasteiger partial charge in [-0.15, -0.1) is 22.7 Å². The van der Waals surface area contributed by atoms with Crippen LogP contribution in [0.5, 0.6) is 0 Å². The zero-order valence-corrected chi connectivity index (χ0v) is 50.9. The molecule has 1 aliphatic carbocycles. The molecule has 0 bridgehead atoms. The van der Waals surface area contributed by atoms with E-state index in [1.807, 2.05) is 44.7 Å². The van der Waals surface area contributed by atoms with Gasteiger partial charge in [-0.05, 0) is 148 Å². The molecule has 0 unspecified atom stereocenters. The van der Waals surface area contributed by atoms with E-state index in [2.05, 4.69) is 53.7 Å². The lowest BCUT2D eigenvalue weighted by Gasteiger charge is -2.33. The van der Waals surface area contributed by atoms with E-state index < -0.39 is 11.6 Å². The quantitative estimate of drug-likeness (QED) is 0.113. The maximum absolute atomic E-state index is 15.5. The van der Waals surface area contributed by atoms with Crippen molar-refractivity contribution in [1.29, 1.82) is 0 Å². The van der Waals surface area contributed by atoms with Crippen LogP contribution in [-0.4, -0.2) is 116 Å². The Hall–Kier alpha value is -6.88. The Kier molecular flexibility index (Phi) is 19.6. The third-order valence-corrected chi connectivity index (χ3v) is 19.1. The largest absolute Gasteiger partial charge is 0.469 e. The standard InChI is InChI=1S/C31H32FN5O3S.C30H32FN5O3S.2CH4.2H2S/c1-18-21-8-13-41-26(21)7-12-36(18)29(38)25-15-27(31(2)9-10-31)37-28(33-25)16-24(34-37)22-5-4-20(14-23(22)32)35-11-6-19(17-35)30(39)40-3;1-4-20-15-26(29(37)35-12-9-27-22(18(35)3)10-13-40-27)32-28-16-25(33-36(20)28)23-7-6-21(14-24(23)31)34-11-8-19(17-34)30(38)39-5-2;;;;/h4-5,8,13-16,18-19H,6-7,9-12,17H2,1-3H3;6-7,10,13-16,18-19H,4-5,8-9,11-12,17H2,1-3H3;2*1H4;2*1H2/t2*18-,19+;;;;/m11..../s1. The second kappa shape index (κ2) is 26.0. The maximum atomic E-state index is 15.5. The first kappa shape index (κ1) is 64.1. The average Bonchev–Trinajstić information content (AvgIpc) is 2.83. The number of amides is 2. The number of aryl methyl sites for hydroxylation is 1. The molecule has 85 heavy (non-hydrogen) atoms. The van der Waals surface area contributed by atoms with Gasteiger partial charge in [0.2, 0.25) is 0 Å². The van der Waals surface area contributed by atoms with Crippen LogP contribution in [0.1, 0.15) is 140 Å². The first-order chi connectivity index (χ1) is 39.1.